The smallest absolute Gasteiger partial charge is 0.246 e. The predicted molar refractivity (Wildman–Crippen MR) is 75.9 cm³/mol. The van der Waals surface area contributed by atoms with Crippen LogP contribution in [-0.2, 0) is 9.59 Å². The zero-order valence-corrected chi connectivity index (χ0v) is 10.9. The number of rotatable bonds is 3. The van der Waals surface area contributed by atoms with Crippen molar-refractivity contribution >= 4 is 28.3 Å². The second kappa shape index (κ2) is 5.52. The molecule has 4 heteroatoms. The summed E-state index contributed by atoms with van der Waals surface area (Å²) in [6.45, 7) is 3.05. The molecule has 2 aromatic rings. The number of carbonyl (C=O) groups excluding carboxylic acids is 2. The minimum atomic E-state index is -0.559. The lowest BCUT2D eigenvalue weighted by atomic mass is 10.1. The molecule has 0 bridgehead atoms. The average molecular weight is 256 g/mol. The molecular formula is C15H16N2O2. The SMILES string of the molecule is CC(=O)N[C@@H](C)C(=O)Nc1cccc2ccccc12. The number of benzene rings is 2. The summed E-state index contributed by atoms with van der Waals surface area (Å²) >= 11 is 0. The molecule has 0 radical (unpaired) electrons. The van der Waals surface area contributed by atoms with E-state index in [1.54, 1.807) is 6.92 Å². The van der Waals surface area contributed by atoms with Gasteiger partial charge in [-0.25, -0.2) is 0 Å². The van der Waals surface area contributed by atoms with Crippen LogP contribution in [-0.4, -0.2) is 17.9 Å². The highest BCUT2D eigenvalue weighted by Crippen LogP contribution is 2.22. The topological polar surface area (TPSA) is 58.2 Å². The van der Waals surface area contributed by atoms with Crippen molar-refractivity contribution in [1.82, 2.24) is 5.32 Å². The van der Waals surface area contributed by atoms with Gasteiger partial charge in [-0.3, -0.25) is 9.59 Å². The van der Waals surface area contributed by atoms with Crippen LogP contribution in [0.25, 0.3) is 10.8 Å². The van der Waals surface area contributed by atoms with E-state index in [1.165, 1.54) is 6.92 Å². The first-order valence-corrected chi connectivity index (χ1v) is 6.13. The Balaban J connectivity index is 2.22. The molecule has 0 heterocycles. The maximum Gasteiger partial charge on any atom is 0.246 e. The van der Waals surface area contributed by atoms with Gasteiger partial charge >= 0.3 is 0 Å². The standard InChI is InChI=1S/C15H16N2O2/c1-10(16-11(2)18)15(19)17-14-9-5-7-12-6-3-4-8-13(12)14/h3-10H,1-2H3,(H,16,18)(H,17,19)/t10-/m0/s1. The van der Waals surface area contributed by atoms with Crippen molar-refractivity contribution in [3.05, 3.63) is 42.5 Å². The highest BCUT2D eigenvalue weighted by atomic mass is 16.2. The summed E-state index contributed by atoms with van der Waals surface area (Å²) in [5.74, 6) is -0.452. The van der Waals surface area contributed by atoms with E-state index in [1.807, 2.05) is 42.5 Å². The summed E-state index contributed by atoms with van der Waals surface area (Å²) in [6, 6.07) is 13.0. The minimum Gasteiger partial charge on any atom is -0.345 e. The highest BCUT2D eigenvalue weighted by molar-refractivity contribution is 6.04. The molecule has 0 aliphatic rings. The van der Waals surface area contributed by atoms with Gasteiger partial charge in [-0.15, -0.1) is 0 Å². The number of amides is 2. The van der Waals surface area contributed by atoms with Crippen LogP contribution >= 0.6 is 0 Å². The highest BCUT2D eigenvalue weighted by Gasteiger charge is 2.14. The molecule has 98 valence electrons. The van der Waals surface area contributed by atoms with Crippen molar-refractivity contribution in [1.29, 1.82) is 0 Å². The summed E-state index contributed by atoms with van der Waals surface area (Å²) in [7, 11) is 0. The fourth-order valence-corrected chi connectivity index (χ4v) is 1.95. The maximum atomic E-state index is 12.0. The first-order valence-electron chi connectivity index (χ1n) is 6.13. The lowest BCUT2D eigenvalue weighted by molar-refractivity contribution is -0.124. The molecule has 2 aromatic carbocycles. The molecule has 0 saturated carbocycles. The zero-order valence-electron chi connectivity index (χ0n) is 10.9. The van der Waals surface area contributed by atoms with Crippen LogP contribution in [0.1, 0.15) is 13.8 Å². The predicted octanol–water partition coefficient (Wildman–Crippen LogP) is 2.30. The Labute approximate surface area is 111 Å². The van der Waals surface area contributed by atoms with E-state index in [4.69, 9.17) is 0 Å². The molecular weight excluding hydrogens is 240 g/mol. The van der Waals surface area contributed by atoms with Crippen molar-refractivity contribution in [2.75, 3.05) is 5.32 Å². The van der Waals surface area contributed by atoms with Gasteiger partial charge in [-0.2, -0.15) is 0 Å². The number of fused-ring (bicyclic) bond motifs is 1. The van der Waals surface area contributed by atoms with Crippen LogP contribution in [0, 0.1) is 0 Å². The Hall–Kier alpha value is -2.36. The minimum absolute atomic E-state index is 0.222. The summed E-state index contributed by atoms with van der Waals surface area (Å²) in [5.41, 5.74) is 0.750. The summed E-state index contributed by atoms with van der Waals surface area (Å²) < 4.78 is 0. The van der Waals surface area contributed by atoms with Crippen LogP contribution in [0.15, 0.2) is 42.5 Å². The van der Waals surface area contributed by atoms with E-state index >= 15 is 0 Å². The van der Waals surface area contributed by atoms with E-state index in [9.17, 15) is 9.59 Å². The number of hydrogen-bond donors (Lipinski definition) is 2. The van der Waals surface area contributed by atoms with Gasteiger partial charge in [0.1, 0.15) is 6.04 Å². The summed E-state index contributed by atoms with van der Waals surface area (Å²) in [4.78, 5) is 22.9. The van der Waals surface area contributed by atoms with Gasteiger partial charge in [0.15, 0.2) is 0 Å². The van der Waals surface area contributed by atoms with E-state index in [0.717, 1.165) is 16.5 Å². The van der Waals surface area contributed by atoms with E-state index in [0.29, 0.717) is 0 Å². The second-order valence-electron chi connectivity index (χ2n) is 4.44. The zero-order chi connectivity index (χ0) is 13.8. The molecule has 2 N–H and O–H groups in total. The number of carbonyl (C=O) groups is 2. The monoisotopic (exact) mass is 256 g/mol. The van der Waals surface area contributed by atoms with E-state index in [-0.39, 0.29) is 11.8 Å². The van der Waals surface area contributed by atoms with Crippen LogP contribution in [0.2, 0.25) is 0 Å². The summed E-state index contributed by atoms with van der Waals surface area (Å²) in [6.07, 6.45) is 0. The Morgan fingerprint density at radius 1 is 1.05 bits per heavy atom. The Morgan fingerprint density at radius 3 is 2.47 bits per heavy atom. The first kappa shape index (κ1) is 13.1. The fourth-order valence-electron chi connectivity index (χ4n) is 1.95. The van der Waals surface area contributed by atoms with Crippen LogP contribution in [0.4, 0.5) is 5.69 Å². The third kappa shape index (κ3) is 3.10. The molecule has 0 saturated heterocycles. The molecule has 0 aliphatic carbocycles. The number of nitrogens with one attached hydrogen (secondary N) is 2. The van der Waals surface area contributed by atoms with E-state index in [2.05, 4.69) is 10.6 Å². The Bertz CT molecular complexity index is 617. The lowest BCUT2D eigenvalue weighted by Crippen LogP contribution is -2.40. The largest absolute Gasteiger partial charge is 0.345 e. The van der Waals surface area contributed by atoms with Gasteiger partial charge in [0.2, 0.25) is 11.8 Å². The van der Waals surface area contributed by atoms with Gasteiger partial charge in [-0.05, 0) is 18.4 Å². The summed E-state index contributed by atoms with van der Waals surface area (Å²) in [5, 5.41) is 7.44. The first-order chi connectivity index (χ1) is 9.08. The van der Waals surface area contributed by atoms with Crippen molar-refractivity contribution in [3.8, 4) is 0 Å². The second-order valence-corrected chi connectivity index (χ2v) is 4.44. The number of anilines is 1. The quantitative estimate of drug-likeness (QED) is 0.885. The van der Waals surface area contributed by atoms with Gasteiger partial charge in [0, 0.05) is 18.0 Å². The molecule has 19 heavy (non-hydrogen) atoms. The Morgan fingerprint density at radius 2 is 1.74 bits per heavy atom. The normalized spacial score (nSPS) is 11.9. The van der Waals surface area contributed by atoms with E-state index < -0.39 is 6.04 Å². The van der Waals surface area contributed by atoms with Gasteiger partial charge < -0.3 is 10.6 Å². The van der Waals surface area contributed by atoms with Crippen molar-refractivity contribution < 1.29 is 9.59 Å². The molecule has 4 nitrogen and oxygen atoms in total. The molecule has 0 fully saturated rings. The molecule has 2 rings (SSSR count). The van der Waals surface area contributed by atoms with Gasteiger partial charge in [-0.1, -0.05) is 36.4 Å². The lowest BCUT2D eigenvalue weighted by Gasteiger charge is -2.14. The van der Waals surface area contributed by atoms with Crippen molar-refractivity contribution in [3.63, 3.8) is 0 Å². The van der Waals surface area contributed by atoms with Crippen molar-refractivity contribution in [2.24, 2.45) is 0 Å². The average Bonchev–Trinajstić information content (AvgIpc) is 2.38. The third-order valence-corrected chi connectivity index (χ3v) is 2.86. The fraction of sp³-hybridized carbons (Fsp3) is 0.200. The molecule has 0 aliphatic heterocycles. The van der Waals surface area contributed by atoms with Crippen LogP contribution < -0.4 is 10.6 Å². The molecule has 1 atom stereocenters. The van der Waals surface area contributed by atoms with Gasteiger partial charge in [0.25, 0.3) is 0 Å². The van der Waals surface area contributed by atoms with Crippen LogP contribution in [0.5, 0.6) is 0 Å². The molecule has 0 unspecified atom stereocenters. The molecule has 0 spiro atoms. The molecule has 2 amide bonds. The van der Waals surface area contributed by atoms with Crippen molar-refractivity contribution in [2.45, 2.75) is 19.9 Å². The Kier molecular flexibility index (Phi) is 3.80. The van der Waals surface area contributed by atoms with Crippen LogP contribution in [0.3, 0.4) is 0 Å². The third-order valence-electron chi connectivity index (χ3n) is 2.86. The molecule has 0 aromatic heterocycles. The maximum absolute atomic E-state index is 12.0. The number of hydrogen-bond acceptors (Lipinski definition) is 2. The van der Waals surface area contributed by atoms with Gasteiger partial charge in [0.05, 0.1) is 0 Å².